The van der Waals surface area contributed by atoms with Gasteiger partial charge >= 0.3 is 5.97 Å². The van der Waals surface area contributed by atoms with Gasteiger partial charge in [0.05, 0.1) is 0 Å². The Hall–Kier alpha value is -1.14. The van der Waals surface area contributed by atoms with Gasteiger partial charge < -0.3 is 15.7 Å². The highest BCUT2D eigenvalue weighted by Gasteiger charge is 2.37. The summed E-state index contributed by atoms with van der Waals surface area (Å²) in [5.74, 6) is -0.523. The van der Waals surface area contributed by atoms with Gasteiger partial charge in [-0.05, 0) is 45.6 Å². The molecule has 2 aliphatic rings. The summed E-state index contributed by atoms with van der Waals surface area (Å²) in [6.45, 7) is 4.27. The lowest BCUT2D eigenvalue weighted by atomic mass is 10.0. The number of piperidine rings is 1. The van der Waals surface area contributed by atoms with E-state index in [1.807, 2.05) is 11.8 Å². The summed E-state index contributed by atoms with van der Waals surface area (Å²) in [5.41, 5.74) is 5.69. The number of nitrogens with zero attached hydrogens (tertiary/aromatic N) is 2. The molecule has 0 saturated carbocycles. The highest BCUT2D eigenvalue weighted by Crippen LogP contribution is 2.26. The quantitative estimate of drug-likeness (QED) is 0.778. The summed E-state index contributed by atoms with van der Waals surface area (Å²) in [7, 11) is 0. The van der Waals surface area contributed by atoms with Crippen LogP contribution in [0.5, 0.6) is 0 Å². The van der Waals surface area contributed by atoms with E-state index in [1.54, 1.807) is 0 Å². The Kier molecular flexibility index (Phi) is 5.58. The van der Waals surface area contributed by atoms with Crippen LogP contribution in [0.1, 0.15) is 45.4 Å². The van der Waals surface area contributed by atoms with E-state index in [0.29, 0.717) is 12.5 Å². The van der Waals surface area contributed by atoms with Gasteiger partial charge in [-0.2, -0.15) is 0 Å². The van der Waals surface area contributed by atoms with Gasteiger partial charge in [-0.1, -0.05) is 0 Å². The third-order valence-corrected chi connectivity index (χ3v) is 4.68. The second-order valence-electron chi connectivity index (χ2n) is 6.36. The lowest BCUT2D eigenvalue weighted by Gasteiger charge is -2.38. The Morgan fingerprint density at radius 1 is 1.24 bits per heavy atom. The van der Waals surface area contributed by atoms with E-state index in [-0.39, 0.29) is 18.0 Å². The Bertz CT molecular complexity index is 378. The van der Waals surface area contributed by atoms with Gasteiger partial charge in [-0.15, -0.1) is 0 Å². The molecule has 2 atom stereocenters. The second kappa shape index (κ2) is 7.22. The predicted molar refractivity (Wildman–Crippen MR) is 79.8 cm³/mol. The Balaban J connectivity index is 1.80. The van der Waals surface area contributed by atoms with E-state index >= 15 is 0 Å². The molecule has 21 heavy (non-hydrogen) atoms. The molecule has 1 amide bonds. The van der Waals surface area contributed by atoms with Crippen LogP contribution in [-0.2, 0) is 9.59 Å². The van der Waals surface area contributed by atoms with Gasteiger partial charge in [0.1, 0.15) is 6.04 Å². The third kappa shape index (κ3) is 4.17. The highest BCUT2D eigenvalue weighted by molar-refractivity contribution is 5.76. The van der Waals surface area contributed by atoms with Crippen LogP contribution in [-0.4, -0.2) is 64.5 Å². The molecular formula is C15H27N3O3. The number of carbonyl (C=O) groups excluding carboxylic acids is 1. The fourth-order valence-corrected chi connectivity index (χ4v) is 3.45. The van der Waals surface area contributed by atoms with Crippen LogP contribution in [0.25, 0.3) is 0 Å². The number of hydrogen-bond donors (Lipinski definition) is 2. The molecule has 2 unspecified atom stereocenters. The number of amides is 1. The molecule has 0 spiro atoms. The molecule has 2 fully saturated rings. The number of likely N-dealkylation sites (tertiary alicyclic amines) is 2. The highest BCUT2D eigenvalue weighted by atomic mass is 16.4. The van der Waals surface area contributed by atoms with E-state index in [9.17, 15) is 14.7 Å². The first-order valence-corrected chi connectivity index (χ1v) is 8.01. The Morgan fingerprint density at radius 2 is 1.90 bits per heavy atom. The lowest BCUT2D eigenvalue weighted by molar-refractivity contribution is -0.144. The van der Waals surface area contributed by atoms with E-state index < -0.39 is 5.97 Å². The van der Waals surface area contributed by atoms with Gasteiger partial charge in [-0.25, -0.2) is 0 Å². The number of carboxylic acids is 1. The SMILES string of the molecule is CC(N)CCC(=O)N1CCC(N2CCCC2C(=O)O)CC1. The van der Waals surface area contributed by atoms with E-state index in [4.69, 9.17) is 5.73 Å². The minimum Gasteiger partial charge on any atom is -0.480 e. The van der Waals surface area contributed by atoms with Crippen molar-refractivity contribution >= 4 is 11.9 Å². The number of nitrogens with two attached hydrogens (primary N) is 1. The van der Waals surface area contributed by atoms with Crippen molar-refractivity contribution in [3.8, 4) is 0 Å². The monoisotopic (exact) mass is 297 g/mol. The van der Waals surface area contributed by atoms with Crippen molar-refractivity contribution in [2.24, 2.45) is 5.73 Å². The molecule has 120 valence electrons. The van der Waals surface area contributed by atoms with Crippen LogP contribution < -0.4 is 5.73 Å². The average Bonchev–Trinajstić information content (AvgIpc) is 2.94. The standard InChI is InChI=1S/C15H27N3O3/c1-11(16)4-5-14(19)17-9-6-12(7-10-17)18-8-2-3-13(18)15(20)21/h11-13H,2-10,16H2,1H3,(H,20,21). The Labute approximate surface area is 126 Å². The van der Waals surface area contributed by atoms with Crippen LogP contribution in [0.15, 0.2) is 0 Å². The van der Waals surface area contributed by atoms with Crippen LogP contribution in [0.2, 0.25) is 0 Å². The normalized spacial score (nSPS) is 26.0. The summed E-state index contributed by atoms with van der Waals surface area (Å²) < 4.78 is 0. The van der Waals surface area contributed by atoms with E-state index in [0.717, 1.165) is 51.7 Å². The first-order valence-electron chi connectivity index (χ1n) is 8.01. The van der Waals surface area contributed by atoms with Gasteiger partial charge in [0, 0.05) is 31.6 Å². The summed E-state index contributed by atoms with van der Waals surface area (Å²) in [5, 5.41) is 9.26. The molecule has 6 heteroatoms. The fourth-order valence-electron chi connectivity index (χ4n) is 3.45. The number of hydrogen-bond acceptors (Lipinski definition) is 4. The van der Waals surface area contributed by atoms with Crippen molar-refractivity contribution in [1.82, 2.24) is 9.80 Å². The number of carboxylic acid groups (broad SMARTS) is 1. The summed E-state index contributed by atoms with van der Waals surface area (Å²) in [4.78, 5) is 27.4. The molecule has 0 aromatic carbocycles. The number of aliphatic carboxylic acids is 1. The molecule has 0 bridgehead atoms. The maximum Gasteiger partial charge on any atom is 0.320 e. The molecule has 0 radical (unpaired) electrons. The molecule has 2 aliphatic heterocycles. The fraction of sp³-hybridized carbons (Fsp3) is 0.867. The minimum atomic E-state index is -0.706. The van der Waals surface area contributed by atoms with Gasteiger partial charge in [0.15, 0.2) is 0 Å². The van der Waals surface area contributed by atoms with Crippen molar-refractivity contribution in [3.05, 3.63) is 0 Å². The van der Waals surface area contributed by atoms with Gasteiger partial charge in [-0.3, -0.25) is 14.5 Å². The largest absolute Gasteiger partial charge is 0.480 e. The van der Waals surface area contributed by atoms with Crippen LogP contribution in [0.3, 0.4) is 0 Å². The second-order valence-corrected chi connectivity index (χ2v) is 6.36. The molecule has 0 aromatic heterocycles. The molecule has 2 heterocycles. The first-order chi connectivity index (χ1) is 9.99. The zero-order valence-corrected chi connectivity index (χ0v) is 12.8. The lowest BCUT2D eigenvalue weighted by Crippen LogP contribution is -2.50. The van der Waals surface area contributed by atoms with E-state index in [2.05, 4.69) is 4.90 Å². The first kappa shape index (κ1) is 16.2. The minimum absolute atomic E-state index is 0.0624. The number of carbonyl (C=O) groups is 2. The molecule has 0 aliphatic carbocycles. The zero-order valence-electron chi connectivity index (χ0n) is 12.8. The van der Waals surface area contributed by atoms with Crippen LogP contribution in [0, 0.1) is 0 Å². The maximum atomic E-state index is 12.1. The molecular weight excluding hydrogens is 270 g/mol. The maximum absolute atomic E-state index is 12.1. The zero-order chi connectivity index (χ0) is 15.4. The van der Waals surface area contributed by atoms with Crippen LogP contribution >= 0.6 is 0 Å². The van der Waals surface area contributed by atoms with Crippen molar-refractivity contribution in [2.75, 3.05) is 19.6 Å². The Morgan fingerprint density at radius 3 is 2.48 bits per heavy atom. The van der Waals surface area contributed by atoms with E-state index in [1.165, 1.54) is 0 Å². The summed E-state index contributed by atoms with van der Waals surface area (Å²) in [6, 6.07) is 0.0498. The van der Waals surface area contributed by atoms with Gasteiger partial charge in [0.25, 0.3) is 0 Å². The molecule has 2 rings (SSSR count). The molecule has 3 N–H and O–H groups in total. The molecule has 2 saturated heterocycles. The number of rotatable bonds is 5. The van der Waals surface area contributed by atoms with Gasteiger partial charge in [0.2, 0.25) is 5.91 Å². The molecule has 6 nitrogen and oxygen atoms in total. The van der Waals surface area contributed by atoms with Crippen molar-refractivity contribution in [1.29, 1.82) is 0 Å². The molecule has 0 aromatic rings. The summed E-state index contributed by atoms with van der Waals surface area (Å²) >= 11 is 0. The average molecular weight is 297 g/mol. The topological polar surface area (TPSA) is 86.9 Å². The third-order valence-electron chi connectivity index (χ3n) is 4.68. The smallest absolute Gasteiger partial charge is 0.320 e. The van der Waals surface area contributed by atoms with Crippen molar-refractivity contribution < 1.29 is 14.7 Å². The van der Waals surface area contributed by atoms with Crippen LogP contribution in [0.4, 0.5) is 0 Å². The van der Waals surface area contributed by atoms with Crippen molar-refractivity contribution in [2.45, 2.75) is 63.6 Å². The predicted octanol–water partition coefficient (Wildman–Crippen LogP) is 0.654. The van der Waals surface area contributed by atoms with Crippen molar-refractivity contribution in [3.63, 3.8) is 0 Å². The summed E-state index contributed by atoms with van der Waals surface area (Å²) in [6.07, 6.45) is 4.73.